The number of anilines is 2. The van der Waals surface area contributed by atoms with Crippen LogP contribution in [0.2, 0.25) is 0 Å². The molecule has 11 heteroatoms. The Kier molecular flexibility index (Phi) is 12.3. The van der Waals surface area contributed by atoms with Crippen molar-refractivity contribution in [2.24, 2.45) is 0 Å². The van der Waals surface area contributed by atoms with Gasteiger partial charge in [0.25, 0.3) is 0 Å². The standard InChI is InChI=1S/C21H19N5OS2.3ClH/c1-15-13-29-21(25-15)26-20-19(27-12-16-5-4-7-22-10-16)9-18(11-24-20)28-14-17-6-2-3-8-23-17;;;/h2-11,13H,12,14H2,1H3,(H,24,25,26);3*1H. The lowest BCUT2D eigenvalue weighted by molar-refractivity contribution is 0.305. The van der Waals surface area contributed by atoms with E-state index in [0.717, 1.165) is 32.7 Å². The van der Waals surface area contributed by atoms with Crippen LogP contribution in [0.15, 0.2) is 71.5 Å². The molecule has 4 heterocycles. The fraction of sp³-hybridized carbons (Fsp3) is 0.143. The molecule has 32 heavy (non-hydrogen) atoms. The lowest BCUT2D eigenvalue weighted by atomic mass is 10.3. The summed E-state index contributed by atoms with van der Waals surface area (Å²) in [4.78, 5) is 18.6. The van der Waals surface area contributed by atoms with Crippen LogP contribution in [0.25, 0.3) is 0 Å². The second-order valence-electron chi connectivity index (χ2n) is 6.20. The van der Waals surface area contributed by atoms with E-state index in [1.54, 1.807) is 30.4 Å². The number of aromatic nitrogens is 4. The van der Waals surface area contributed by atoms with E-state index in [1.165, 1.54) is 11.3 Å². The molecule has 170 valence electrons. The first-order valence-electron chi connectivity index (χ1n) is 9.00. The van der Waals surface area contributed by atoms with Crippen molar-refractivity contribution in [2.75, 3.05) is 5.32 Å². The van der Waals surface area contributed by atoms with Gasteiger partial charge in [0.2, 0.25) is 0 Å². The van der Waals surface area contributed by atoms with Crippen LogP contribution in [0.3, 0.4) is 0 Å². The molecule has 4 aromatic rings. The molecule has 4 aromatic heterocycles. The summed E-state index contributed by atoms with van der Waals surface area (Å²) in [5.41, 5.74) is 2.99. The van der Waals surface area contributed by atoms with E-state index in [0.29, 0.717) is 18.2 Å². The number of aryl methyl sites for hydroxylation is 1. The second-order valence-corrected chi connectivity index (χ2v) is 8.10. The molecule has 6 nitrogen and oxygen atoms in total. The molecule has 0 aliphatic heterocycles. The molecule has 0 unspecified atom stereocenters. The number of hydrogen-bond acceptors (Lipinski definition) is 8. The number of ether oxygens (including phenoxy) is 1. The van der Waals surface area contributed by atoms with Crippen molar-refractivity contribution in [3.8, 4) is 5.75 Å². The van der Waals surface area contributed by atoms with Crippen molar-refractivity contribution in [1.82, 2.24) is 19.9 Å². The first-order chi connectivity index (χ1) is 14.3. The Morgan fingerprint density at radius 1 is 1.03 bits per heavy atom. The van der Waals surface area contributed by atoms with Crippen molar-refractivity contribution < 1.29 is 4.74 Å². The highest BCUT2D eigenvalue weighted by atomic mass is 35.5. The molecule has 0 aromatic carbocycles. The van der Waals surface area contributed by atoms with Crippen molar-refractivity contribution >= 4 is 71.3 Å². The average molecular weight is 531 g/mol. The normalized spacial score (nSPS) is 9.66. The molecule has 1 N–H and O–H groups in total. The van der Waals surface area contributed by atoms with Crippen molar-refractivity contribution in [3.63, 3.8) is 0 Å². The molecule has 0 aliphatic carbocycles. The Bertz CT molecular complexity index is 1070. The van der Waals surface area contributed by atoms with Crippen LogP contribution < -0.4 is 10.1 Å². The smallest absolute Gasteiger partial charge is 0.188 e. The second kappa shape index (κ2) is 14.1. The van der Waals surface area contributed by atoms with Crippen LogP contribution in [-0.2, 0) is 12.4 Å². The number of nitrogens with zero attached hydrogens (tertiary/aromatic N) is 4. The predicted octanol–water partition coefficient (Wildman–Crippen LogP) is 6.52. The molecule has 0 saturated heterocycles. The molecular formula is C21H22Cl3N5OS2. The number of rotatable bonds is 8. The molecule has 0 fully saturated rings. The first kappa shape index (κ1) is 27.9. The van der Waals surface area contributed by atoms with Gasteiger partial charge in [0.1, 0.15) is 6.61 Å². The van der Waals surface area contributed by atoms with Gasteiger partial charge in [0.15, 0.2) is 16.7 Å². The molecule has 0 amide bonds. The fourth-order valence-electron chi connectivity index (χ4n) is 2.51. The van der Waals surface area contributed by atoms with Gasteiger partial charge in [0.05, 0.1) is 11.4 Å². The van der Waals surface area contributed by atoms with Gasteiger partial charge in [-0.3, -0.25) is 9.97 Å². The van der Waals surface area contributed by atoms with Crippen molar-refractivity contribution in [1.29, 1.82) is 0 Å². The third-order valence-electron chi connectivity index (χ3n) is 3.90. The topological polar surface area (TPSA) is 72.8 Å². The minimum absolute atomic E-state index is 0. The zero-order chi connectivity index (χ0) is 19.9. The van der Waals surface area contributed by atoms with Crippen LogP contribution in [0.5, 0.6) is 5.75 Å². The summed E-state index contributed by atoms with van der Waals surface area (Å²) < 4.78 is 6.08. The van der Waals surface area contributed by atoms with Gasteiger partial charge in [-0.15, -0.1) is 60.3 Å². The Morgan fingerprint density at radius 2 is 1.91 bits per heavy atom. The highest BCUT2D eigenvalue weighted by Gasteiger charge is 2.11. The summed E-state index contributed by atoms with van der Waals surface area (Å²) >= 11 is 3.21. The van der Waals surface area contributed by atoms with Gasteiger partial charge in [-0.2, -0.15) is 0 Å². The maximum atomic E-state index is 6.08. The van der Waals surface area contributed by atoms with Gasteiger partial charge < -0.3 is 10.1 Å². The summed E-state index contributed by atoms with van der Waals surface area (Å²) in [5.74, 6) is 2.08. The monoisotopic (exact) mass is 529 g/mol. The van der Waals surface area contributed by atoms with E-state index in [9.17, 15) is 0 Å². The minimum Gasteiger partial charge on any atom is -0.485 e. The zero-order valence-electron chi connectivity index (χ0n) is 17.0. The summed E-state index contributed by atoms with van der Waals surface area (Å²) in [6.07, 6.45) is 7.19. The van der Waals surface area contributed by atoms with Crippen LogP contribution in [-0.4, -0.2) is 19.9 Å². The van der Waals surface area contributed by atoms with Gasteiger partial charge in [0, 0.05) is 46.4 Å². The molecule has 0 aliphatic rings. The molecule has 4 rings (SSSR count). The zero-order valence-corrected chi connectivity index (χ0v) is 21.1. The summed E-state index contributed by atoms with van der Waals surface area (Å²) in [6.45, 7) is 2.38. The van der Waals surface area contributed by atoms with E-state index in [2.05, 4.69) is 25.3 Å². The van der Waals surface area contributed by atoms with Crippen molar-refractivity contribution in [3.05, 3.63) is 83.5 Å². The Morgan fingerprint density at radius 3 is 2.59 bits per heavy atom. The third-order valence-corrected chi connectivity index (χ3v) is 5.77. The van der Waals surface area contributed by atoms with Crippen LogP contribution in [0.4, 0.5) is 10.9 Å². The minimum atomic E-state index is 0. The lowest BCUT2D eigenvalue weighted by Gasteiger charge is -2.13. The maximum absolute atomic E-state index is 6.08. The summed E-state index contributed by atoms with van der Waals surface area (Å²) in [6, 6.07) is 11.8. The molecular weight excluding hydrogens is 509 g/mol. The molecule has 0 saturated carbocycles. The SMILES string of the molecule is Cc1csc(Nc2ncc(SCc3ccccn3)cc2OCc2cccnc2)n1.Cl.Cl.Cl. The van der Waals surface area contributed by atoms with Gasteiger partial charge in [-0.1, -0.05) is 12.1 Å². The first-order valence-corrected chi connectivity index (χ1v) is 10.9. The molecule has 0 bridgehead atoms. The van der Waals surface area contributed by atoms with E-state index in [4.69, 9.17) is 4.74 Å². The van der Waals surface area contributed by atoms with Gasteiger partial charge in [-0.25, -0.2) is 9.97 Å². The molecule has 0 spiro atoms. The van der Waals surface area contributed by atoms with Crippen LogP contribution in [0, 0.1) is 6.92 Å². The van der Waals surface area contributed by atoms with E-state index >= 15 is 0 Å². The predicted molar refractivity (Wildman–Crippen MR) is 138 cm³/mol. The third kappa shape index (κ3) is 8.11. The number of halogens is 3. The maximum Gasteiger partial charge on any atom is 0.188 e. The Labute approximate surface area is 213 Å². The summed E-state index contributed by atoms with van der Waals surface area (Å²) in [5, 5.41) is 6.05. The van der Waals surface area contributed by atoms with Gasteiger partial charge >= 0.3 is 0 Å². The summed E-state index contributed by atoms with van der Waals surface area (Å²) in [7, 11) is 0. The van der Waals surface area contributed by atoms with Crippen molar-refractivity contribution in [2.45, 2.75) is 24.2 Å². The largest absolute Gasteiger partial charge is 0.485 e. The molecule has 0 radical (unpaired) electrons. The van der Waals surface area contributed by atoms with E-state index in [-0.39, 0.29) is 37.2 Å². The number of nitrogens with one attached hydrogen (secondary N) is 1. The van der Waals surface area contributed by atoms with E-state index < -0.39 is 0 Å². The highest BCUT2D eigenvalue weighted by molar-refractivity contribution is 7.98. The van der Waals surface area contributed by atoms with E-state index in [1.807, 2.05) is 54.9 Å². The Balaban J connectivity index is 0.00000171. The number of pyridine rings is 3. The number of thioether (sulfide) groups is 1. The highest BCUT2D eigenvalue weighted by Crippen LogP contribution is 2.32. The lowest BCUT2D eigenvalue weighted by Crippen LogP contribution is -2.02. The number of thiazole rings is 1. The molecule has 0 atom stereocenters. The Hall–Kier alpha value is -2.10. The van der Waals surface area contributed by atoms with Crippen LogP contribution in [0.1, 0.15) is 17.0 Å². The fourth-order valence-corrected chi connectivity index (χ4v) is 4.00. The quantitative estimate of drug-likeness (QED) is 0.260. The number of hydrogen-bond donors (Lipinski definition) is 1. The van der Waals surface area contributed by atoms with Crippen LogP contribution >= 0.6 is 60.3 Å². The average Bonchev–Trinajstić information content (AvgIpc) is 3.18. The van der Waals surface area contributed by atoms with Gasteiger partial charge in [-0.05, 0) is 31.2 Å².